The van der Waals surface area contributed by atoms with Crippen LogP contribution >= 0.6 is 11.3 Å². The summed E-state index contributed by atoms with van der Waals surface area (Å²) in [6.45, 7) is 8.19. The van der Waals surface area contributed by atoms with E-state index in [1.807, 2.05) is 0 Å². The first-order valence-electron chi connectivity index (χ1n) is 7.32. The highest BCUT2D eigenvalue weighted by atomic mass is 32.1. The van der Waals surface area contributed by atoms with E-state index in [2.05, 4.69) is 36.1 Å². The van der Waals surface area contributed by atoms with Gasteiger partial charge in [0.25, 0.3) is 0 Å². The zero-order valence-corrected chi connectivity index (χ0v) is 13.4. The van der Waals surface area contributed by atoms with Gasteiger partial charge in [-0.05, 0) is 44.7 Å². The molecule has 4 nitrogen and oxygen atoms in total. The van der Waals surface area contributed by atoms with E-state index < -0.39 is 0 Å². The molecule has 5 heteroatoms. The van der Waals surface area contributed by atoms with Crippen LogP contribution in [0.15, 0.2) is 6.33 Å². The molecular formula is C15H24N4S. The summed E-state index contributed by atoms with van der Waals surface area (Å²) in [6.07, 6.45) is 5.12. The molecule has 1 unspecified atom stereocenters. The Hall–Kier alpha value is -1.20. The number of hydrogen-bond acceptors (Lipinski definition) is 5. The Balaban J connectivity index is 2.16. The lowest BCUT2D eigenvalue weighted by Crippen LogP contribution is -2.18. The summed E-state index contributed by atoms with van der Waals surface area (Å²) in [6, 6.07) is 0. The Kier molecular flexibility index (Phi) is 5.31. The number of aryl methyl sites for hydroxylation is 2. The Labute approximate surface area is 124 Å². The Morgan fingerprint density at radius 1 is 1.30 bits per heavy atom. The Morgan fingerprint density at radius 3 is 2.80 bits per heavy atom. The first-order valence-corrected chi connectivity index (χ1v) is 8.13. The summed E-state index contributed by atoms with van der Waals surface area (Å²) >= 11 is 1.74. The SMILES string of the molecule is CCCC(CCN)CNc1ncnc2sc(C)c(C)c12. The molecule has 1 atom stereocenters. The molecule has 3 N–H and O–H groups in total. The number of fused-ring (bicyclic) bond motifs is 1. The number of nitrogens with zero attached hydrogens (tertiary/aromatic N) is 2. The van der Waals surface area contributed by atoms with Crippen LogP contribution in [0.2, 0.25) is 0 Å². The molecule has 2 aromatic heterocycles. The standard InChI is InChI=1S/C15H24N4S/c1-4-5-12(6-7-16)8-17-14-13-10(2)11(3)20-15(13)19-9-18-14/h9,12H,4-8,16H2,1-3H3,(H,17,18,19). The summed E-state index contributed by atoms with van der Waals surface area (Å²) in [5.74, 6) is 1.59. The fourth-order valence-electron chi connectivity index (χ4n) is 2.55. The molecule has 0 aliphatic heterocycles. The molecule has 0 fully saturated rings. The van der Waals surface area contributed by atoms with Gasteiger partial charge in [0.15, 0.2) is 0 Å². The fraction of sp³-hybridized carbons (Fsp3) is 0.600. The molecule has 2 rings (SSSR count). The fourth-order valence-corrected chi connectivity index (χ4v) is 3.55. The second-order valence-corrected chi connectivity index (χ2v) is 6.50. The number of thiophene rings is 1. The highest BCUT2D eigenvalue weighted by Gasteiger charge is 2.13. The van der Waals surface area contributed by atoms with E-state index in [4.69, 9.17) is 5.73 Å². The molecule has 0 amide bonds. The number of nitrogens with one attached hydrogen (secondary N) is 1. The van der Waals surface area contributed by atoms with Crippen molar-refractivity contribution in [3.63, 3.8) is 0 Å². The number of hydrogen-bond donors (Lipinski definition) is 2. The van der Waals surface area contributed by atoms with Crippen molar-refractivity contribution in [2.24, 2.45) is 11.7 Å². The van der Waals surface area contributed by atoms with Crippen LogP contribution in [0.3, 0.4) is 0 Å². The van der Waals surface area contributed by atoms with Crippen LogP contribution in [0.25, 0.3) is 10.2 Å². The molecule has 0 aliphatic carbocycles. The third kappa shape index (κ3) is 3.27. The summed E-state index contributed by atoms with van der Waals surface area (Å²) in [5, 5.41) is 4.69. The van der Waals surface area contributed by atoms with Crippen LogP contribution in [0, 0.1) is 19.8 Å². The number of anilines is 1. The average Bonchev–Trinajstić information content (AvgIpc) is 2.73. The molecule has 20 heavy (non-hydrogen) atoms. The van der Waals surface area contributed by atoms with Gasteiger partial charge in [-0.3, -0.25) is 0 Å². The van der Waals surface area contributed by atoms with Gasteiger partial charge in [0.1, 0.15) is 17.0 Å². The smallest absolute Gasteiger partial charge is 0.138 e. The first-order chi connectivity index (χ1) is 9.67. The summed E-state index contributed by atoms with van der Waals surface area (Å²) in [5.41, 5.74) is 6.99. The molecule has 0 aliphatic rings. The van der Waals surface area contributed by atoms with E-state index in [-0.39, 0.29) is 0 Å². The van der Waals surface area contributed by atoms with Gasteiger partial charge >= 0.3 is 0 Å². The predicted molar refractivity (Wildman–Crippen MR) is 87.4 cm³/mol. The van der Waals surface area contributed by atoms with Gasteiger partial charge in [-0.15, -0.1) is 11.3 Å². The summed E-state index contributed by atoms with van der Waals surface area (Å²) < 4.78 is 0. The van der Waals surface area contributed by atoms with Gasteiger partial charge < -0.3 is 11.1 Å². The zero-order valence-electron chi connectivity index (χ0n) is 12.6. The molecule has 0 saturated carbocycles. The maximum absolute atomic E-state index is 5.69. The normalized spacial score (nSPS) is 12.8. The molecule has 0 radical (unpaired) electrons. The van der Waals surface area contributed by atoms with E-state index in [1.165, 1.54) is 28.7 Å². The topological polar surface area (TPSA) is 63.8 Å². The zero-order chi connectivity index (χ0) is 14.5. The minimum atomic E-state index is 0.620. The van der Waals surface area contributed by atoms with Gasteiger partial charge in [0.2, 0.25) is 0 Å². The molecule has 2 heterocycles. The Morgan fingerprint density at radius 2 is 2.10 bits per heavy atom. The average molecular weight is 292 g/mol. The maximum atomic E-state index is 5.69. The third-order valence-electron chi connectivity index (χ3n) is 3.80. The third-order valence-corrected chi connectivity index (χ3v) is 4.91. The van der Waals surface area contributed by atoms with Crippen molar-refractivity contribution in [3.8, 4) is 0 Å². The summed E-state index contributed by atoms with van der Waals surface area (Å²) in [7, 11) is 0. The van der Waals surface area contributed by atoms with Gasteiger partial charge in [0, 0.05) is 11.4 Å². The monoisotopic (exact) mass is 292 g/mol. The minimum absolute atomic E-state index is 0.620. The summed E-state index contributed by atoms with van der Waals surface area (Å²) in [4.78, 5) is 11.2. The van der Waals surface area contributed by atoms with Gasteiger partial charge in [0.05, 0.1) is 5.39 Å². The van der Waals surface area contributed by atoms with Crippen molar-refractivity contribution in [3.05, 3.63) is 16.8 Å². The lowest BCUT2D eigenvalue weighted by Gasteiger charge is -2.16. The number of nitrogens with two attached hydrogens (primary N) is 1. The second kappa shape index (κ2) is 6.99. The first kappa shape index (κ1) is 15.2. The quantitative estimate of drug-likeness (QED) is 0.820. The molecular weight excluding hydrogens is 268 g/mol. The largest absolute Gasteiger partial charge is 0.369 e. The van der Waals surface area contributed by atoms with Crippen molar-refractivity contribution >= 4 is 27.4 Å². The van der Waals surface area contributed by atoms with Crippen LogP contribution in [0.1, 0.15) is 36.6 Å². The van der Waals surface area contributed by atoms with Crippen LogP contribution < -0.4 is 11.1 Å². The van der Waals surface area contributed by atoms with Crippen LogP contribution in [0.5, 0.6) is 0 Å². The highest BCUT2D eigenvalue weighted by molar-refractivity contribution is 7.18. The highest BCUT2D eigenvalue weighted by Crippen LogP contribution is 2.32. The van der Waals surface area contributed by atoms with Crippen LogP contribution in [-0.4, -0.2) is 23.1 Å². The molecule has 0 aromatic carbocycles. The van der Waals surface area contributed by atoms with Crippen molar-refractivity contribution in [2.75, 3.05) is 18.4 Å². The van der Waals surface area contributed by atoms with Crippen LogP contribution in [-0.2, 0) is 0 Å². The van der Waals surface area contributed by atoms with Gasteiger partial charge in [-0.1, -0.05) is 13.3 Å². The van der Waals surface area contributed by atoms with E-state index in [0.717, 1.165) is 30.2 Å². The van der Waals surface area contributed by atoms with E-state index >= 15 is 0 Å². The molecule has 0 bridgehead atoms. The van der Waals surface area contributed by atoms with E-state index in [0.29, 0.717) is 5.92 Å². The minimum Gasteiger partial charge on any atom is -0.369 e. The number of aromatic nitrogens is 2. The van der Waals surface area contributed by atoms with Gasteiger partial charge in [-0.25, -0.2) is 9.97 Å². The van der Waals surface area contributed by atoms with Crippen molar-refractivity contribution in [2.45, 2.75) is 40.0 Å². The maximum Gasteiger partial charge on any atom is 0.138 e. The predicted octanol–water partition coefficient (Wildman–Crippen LogP) is 3.49. The van der Waals surface area contributed by atoms with Crippen molar-refractivity contribution in [1.82, 2.24) is 9.97 Å². The van der Waals surface area contributed by atoms with Crippen molar-refractivity contribution in [1.29, 1.82) is 0 Å². The Bertz CT molecular complexity index is 558. The molecule has 0 spiro atoms. The van der Waals surface area contributed by atoms with Crippen LogP contribution in [0.4, 0.5) is 5.82 Å². The van der Waals surface area contributed by atoms with Gasteiger partial charge in [-0.2, -0.15) is 0 Å². The van der Waals surface area contributed by atoms with Crippen molar-refractivity contribution < 1.29 is 0 Å². The molecule has 110 valence electrons. The lowest BCUT2D eigenvalue weighted by molar-refractivity contribution is 0.473. The lowest BCUT2D eigenvalue weighted by atomic mass is 10.00. The molecule has 0 saturated heterocycles. The number of rotatable bonds is 7. The van der Waals surface area contributed by atoms with E-state index in [9.17, 15) is 0 Å². The second-order valence-electron chi connectivity index (χ2n) is 5.30. The molecule has 2 aromatic rings. The van der Waals surface area contributed by atoms with E-state index in [1.54, 1.807) is 17.7 Å².